The minimum absolute atomic E-state index is 0.0487. The number of thioether (sulfide) groups is 1. The van der Waals surface area contributed by atoms with Gasteiger partial charge in [0, 0.05) is 0 Å². The van der Waals surface area contributed by atoms with Crippen LogP contribution < -0.4 is 15.7 Å². The van der Waals surface area contributed by atoms with Crippen LogP contribution in [0.1, 0.15) is 18.1 Å². The SMILES string of the molecule is CCc1ccc(C=NNC(=O)CSc2nc3ccccc3c(=O)n2-c2ccc(OC)cc2)cc1. The van der Waals surface area contributed by atoms with Crippen molar-refractivity contribution in [1.29, 1.82) is 0 Å². The van der Waals surface area contributed by atoms with Crippen LogP contribution in [0.2, 0.25) is 0 Å². The molecule has 0 aliphatic heterocycles. The minimum Gasteiger partial charge on any atom is -0.497 e. The Hall–Kier alpha value is -3.91. The van der Waals surface area contributed by atoms with Crippen LogP contribution >= 0.6 is 11.8 Å². The summed E-state index contributed by atoms with van der Waals surface area (Å²) in [7, 11) is 1.58. The van der Waals surface area contributed by atoms with Crippen LogP contribution in [0.15, 0.2) is 87.8 Å². The molecule has 7 nitrogen and oxygen atoms in total. The number of hydrogen-bond donors (Lipinski definition) is 1. The molecule has 4 rings (SSSR count). The number of rotatable bonds is 8. The van der Waals surface area contributed by atoms with Crippen LogP contribution in [-0.2, 0) is 11.2 Å². The average molecular weight is 473 g/mol. The molecule has 0 saturated heterocycles. The van der Waals surface area contributed by atoms with Crippen LogP contribution in [0, 0.1) is 0 Å². The molecule has 0 unspecified atom stereocenters. The number of hydrogen-bond acceptors (Lipinski definition) is 6. The maximum Gasteiger partial charge on any atom is 0.266 e. The van der Waals surface area contributed by atoms with Gasteiger partial charge in [0.1, 0.15) is 5.75 Å². The molecule has 0 aliphatic carbocycles. The number of hydrazone groups is 1. The number of aryl methyl sites for hydroxylation is 1. The lowest BCUT2D eigenvalue weighted by molar-refractivity contribution is -0.118. The molecule has 1 heterocycles. The zero-order chi connectivity index (χ0) is 23.9. The Labute approximate surface area is 201 Å². The number of benzene rings is 3. The molecule has 0 fully saturated rings. The van der Waals surface area contributed by atoms with Crippen molar-refractivity contribution >= 4 is 34.8 Å². The first-order valence-corrected chi connectivity index (χ1v) is 11.8. The summed E-state index contributed by atoms with van der Waals surface area (Å²) in [5, 5.41) is 4.96. The standard InChI is InChI=1S/C26H24N4O3S/c1-3-18-8-10-19(11-9-18)16-27-29-24(31)17-34-26-28-23-7-5-4-6-22(23)25(32)30(26)20-12-14-21(33-2)15-13-20/h4-16H,3,17H2,1-2H3,(H,29,31). The van der Waals surface area contributed by atoms with Crippen LogP contribution in [0.4, 0.5) is 0 Å². The van der Waals surface area contributed by atoms with Crippen molar-refractivity contribution in [1.82, 2.24) is 15.0 Å². The van der Waals surface area contributed by atoms with Crippen molar-refractivity contribution < 1.29 is 9.53 Å². The molecule has 3 aromatic carbocycles. The molecule has 0 saturated carbocycles. The number of nitrogens with one attached hydrogen (secondary N) is 1. The Balaban J connectivity index is 1.53. The number of aromatic nitrogens is 2. The van der Waals surface area contributed by atoms with Gasteiger partial charge >= 0.3 is 0 Å². The van der Waals surface area contributed by atoms with E-state index in [9.17, 15) is 9.59 Å². The van der Waals surface area contributed by atoms with Gasteiger partial charge in [-0.1, -0.05) is 55.1 Å². The third kappa shape index (κ3) is 5.35. The van der Waals surface area contributed by atoms with Crippen LogP contribution in [0.3, 0.4) is 0 Å². The van der Waals surface area contributed by atoms with Crippen LogP contribution in [-0.4, -0.2) is 34.5 Å². The van der Waals surface area contributed by atoms with Gasteiger partial charge in [-0.15, -0.1) is 0 Å². The van der Waals surface area contributed by atoms with Crippen molar-refractivity contribution in [2.24, 2.45) is 5.10 Å². The van der Waals surface area contributed by atoms with Gasteiger partial charge in [0.25, 0.3) is 11.5 Å². The quantitative estimate of drug-likeness (QED) is 0.180. The van der Waals surface area contributed by atoms with E-state index in [0.717, 1.165) is 12.0 Å². The fraction of sp³-hybridized carbons (Fsp3) is 0.154. The van der Waals surface area contributed by atoms with Gasteiger partial charge in [0.15, 0.2) is 5.16 Å². The lowest BCUT2D eigenvalue weighted by atomic mass is 10.1. The molecule has 0 aliphatic rings. The van der Waals surface area contributed by atoms with E-state index in [4.69, 9.17) is 4.74 Å². The second-order valence-corrected chi connectivity index (χ2v) is 8.37. The summed E-state index contributed by atoms with van der Waals surface area (Å²) in [6.07, 6.45) is 2.57. The van der Waals surface area contributed by atoms with E-state index >= 15 is 0 Å². The number of nitrogens with zero attached hydrogens (tertiary/aromatic N) is 3. The topological polar surface area (TPSA) is 85.6 Å². The molecule has 34 heavy (non-hydrogen) atoms. The van der Waals surface area contributed by atoms with Gasteiger partial charge in [-0.2, -0.15) is 5.10 Å². The van der Waals surface area contributed by atoms with Crippen LogP contribution in [0.25, 0.3) is 16.6 Å². The summed E-state index contributed by atoms with van der Waals surface area (Å²) in [6, 6.07) is 22.3. The maximum absolute atomic E-state index is 13.3. The highest BCUT2D eigenvalue weighted by molar-refractivity contribution is 7.99. The summed E-state index contributed by atoms with van der Waals surface area (Å²) in [6.45, 7) is 2.10. The third-order valence-electron chi connectivity index (χ3n) is 5.20. The van der Waals surface area contributed by atoms with Crippen molar-refractivity contribution in [3.05, 3.63) is 94.3 Å². The fourth-order valence-electron chi connectivity index (χ4n) is 3.35. The molecule has 172 valence electrons. The number of amides is 1. The van der Waals surface area contributed by atoms with Gasteiger partial charge in [0.05, 0.1) is 35.7 Å². The summed E-state index contributed by atoms with van der Waals surface area (Å²) in [5.41, 5.74) is 5.69. The molecule has 1 amide bonds. The van der Waals surface area contributed by atoms with Crippen molar-refractivity contribution in [3.63, 3.8) is 0 Å². The Morgan fingerprint density at radius 3 is 2.53 bits per heavy atom. The number of ether oxygens (including phenoxy) is 1. The molecule has 8 heteroatoms. The van der Waals surface area contributed by atoms with Gasteiger partial charge in [0.2, 0.25) is 0 Å². The summed E-state index contributed by atoms with van der Waals surface area (Å²) in [4.78, 5) is 30.3. The van der Waals surface area contributed by atoms with E-state index in [2.05, 4.69) is 22.4 Å². The van der Waals surface area contributed by atoms with Crippen molar-refractivity contribution in [2.45, 2.75) is 18.5 Å². The highest BCUT2D eigenvalue weighted by Crippen LogP contribution is 2.22. The maximum atomic E-state index is 13.3. The molecular weight excluding hydrogens is 448 g/mol. The number of carbonyl (C=O) groups is 1. The number of carbonyl (C=O) groups excluding carboxylic acids is 1. The Morgan fingerprint density at radius 1 is 1.09 bits per heavy atom. The van der Waals surface area contributed by atoms with Crippen molar-refractivity contribution in [2.75, 3.05) is 12.9 Å². The molecule has 0 radical (unpaired) electrons. The van der Waals surface area contributed by atoms with E-state index in [1.807, 2.05) is 30.3 Å². The Kier molecular flexibility index (Phi) is 7.39. The van der Waals surface area contributed by atoms with E-state index < -0.39 is 0 Å². The molecule has 1 N–H and O–H groups in total. The van der Waals surface area contributed by atoms with Gasteiger partial charge in [-0.3, -0.25) is 14.2 Å². The largest absolute Gasteiger partial charge is 0.497 e. The Bertz CT molecular complexity index is 1380. The van der Waals surface area contributed by atoms with Gasteiger partial charge in [-0.05, 0) is 53.9 Å². The second kappa shape index (κ2) is 10.8. The number of fused-ring (bicyclic) bond motifs is 1. The van der Waals surface area contributed by atoms with E-state index in [0.29, 0.717) is 27.5 Å². The monoisotopic (exact) mass is 472 g/mol. The predicted molar refractivity (Wildman–Crippen MR) is 136 cm³/mol. The highest BCUT2D eigenvalue weighted by atomic mass is 32.2. The summed E-state index contributed by atoms with van der Waals surface area (Å²) in [5.74, 6) is 0.434. The van der Waals surface area contributed by atoms with Gasteiger partial charge in [-0.25, -0.2) is 10.4 Å². The number of para-hydroxylation sites is 1. The molecule has 0 spiro atoms. The van der Waals surface area contributed by atoms with E-state index in [-0.39, 0.29) is 17.2 Å². The highest BCUT2D eigenvalue weighted by Gasteiger charge is 2.15. The molecular formula is C26H24N4O3S. The lowest BCUT2D eigenvalue weighted by Gasteiger charge is -2.13. The van der Waals surface area contributed by atoms with Crippen molar-refractivity contribution in [3.8, 4) is 11.4 Å². The lowest BCUT2D eigenvalue weighted by Crippen LogP contribution is -2.24. The summed E-state index contributed by atoms with van der Waals surface area (Å²) >= 11 is 1.17. The van der Waals surface area contributed by atoms with E-state index in [1.165, 1.54) is 21.9 Å². The predicted octanol–water partition coefficient (Wildman–Crippen LogP) is 4.20. The zero-order valence-corrected chi connectivity index (χ0v) is 19.7. The first-order chi connectivity index (χ1) is 16.6. The van der Waals surface area contributed by atoms with Crippen LogP contribution in [0.5, 0.6) is 5.75 Å². The third-order valence-corrected chi connectivity index (χ3v) is 6.14. The molecule has 1 aromatic heterocycles. The normalized spacial score (nSPS) is 11.1. The molecule has 0 bridgehead atoms. The zero-order valence-electron chi connectivity index (χ0n) is 18.9. The van der Waals surface area contributed by atoms with E-state index in [1.54, 1.807) is 55.8 Å². The number of methoxy groups -OCH3 is 1. The van der Waals surface area contributed by atoms with Gasteiger partial charge < -0.3 is 4.74 Å². The fourth-order valence-corrected chi connectivity index (χ4v) is 4.15. The molecule has 0 atom stereocenters. The smallest absolute Gasteiger partial charge is 0.266 e. The Morgan fingerprint density at radius 2 is 1.82 bits per heavy atom. The first-order valence-electron chi connectivity index (χ1n) is 10.8. The minimum atomic E-state index is -0.296. The summed E-state index contributed by atoms with van der Waals surface area (Å²) < 4.78 is 6.73. The average Bonchev–Trinajstić information content (AvgIpc) is 2.88. The second-order valence-electron chi connectivity index (χ2n) is 7.43. The first kappa shape index (κ1) is 23.3. The molecule has 4 aromatic rings.